The van der Waals surface area contributed by atoms with E-state index in [9.17, 15) is 4.57 Å². The first-order valence-corrected chi connectivity index (χ1v) is 7.94. The first-order chi connectivity index (χ1) is 8.62. The minimum atomic E-state index is -3.24. The van der Waals surface area contributed by atoms with Gasteiger partial charge in [-0.25, -0.2) is 4.57 Å². The van der Waals surface area contributed by atoms with Gasteiger partial charge in [-0.05, 0) is 20.3 Å². The molecule has 0 fully saturated rings. The second-order valence-electron chi connectivity index (χ2n) is 3.90. The van der Waals surface area contributed by atoms with E-state index >= 15 is 0 Å². The zero-order valence-electron chi connectivity index (χ0n) is 11.8. The van der Waals surface area contributed by atoms with Crippen LogP contribution in [0.2, 0.25) is 0 Å². The first kappa shape index (κ1) is 18.9. The van der Waals surface area contributed by atoms with Crippen LogP contribution in [0.15, 0.2) is 12.4 Å². The summed E-state index contributed by atoms with van der Waals surface area (Å²) in [7, 11) is -3.24. The second-order valence-corrected chi connectivity index (χ2v) is 5.81. The molecule has 114 valence electrons. The van der Waals surface area contributed by atoms with E-state index in [2.05, 4.69) is 4.90 Å². The summed E-state index contributed by atoms with van der Waals surface area (Å²) in [6.45, 7) is 7.65. The van der Waals surface area contributed by atoms with Gasteiger partial charge in [0, 0.05) is 25.5 Å². The van der Waals surface area contributed by atoms with Crippen molar-refractivity contribution in [2.75, 3.05) is 26.3 Å². The van der Waals surface area contributed by atoms with E-state index in [1.807, 2.05) is 27.0 Å². The largest absolute Gasteiger partial charge is 0.436 e. The van der Waals surface area contributed by atoms with Gasteiger partial charge < -0.3 is 10.6 Å². The molecule has 6 nitrogen and oxygen atoms in total. The summed E-state index contributed by atoms with van der Waals surface area (Å²) in [4.78, 5) is 2.06. The highest BCUT2D eigenvalue weighted by molar-refractivity contribution is 8.93. The maximum Gasteiger partial charge on any atom is 0.436 e. The fraction of sp³-hybridized carbons (Fsp3) is 0.818. The Morgan fingerprint density at radius 1 is 1.21 bits per heavy atom. The number of hydrogen-bond donors (Lipinski definition) is 1. The van der Waals surface area contributed by atoms with Crippen molar-refractivity contribution in [1.29, 1.82) is 0 Å². The van der Waals surface area contributed by atoms with Crippen molar-refractivity contribution in [3.05, 3.63) is 12.4 Å². The molecule has 0 aromatic heterocycles. The monoisotopic (exact) mass is 357 g/mol. The Kier molecular flexibility index (Phi) is 8.94. The summed E-state index contributed by atoms with van der Waals surface area (Å²) < 4.78 is 25.1. The molecule has 0 amide bonds. The van der Waals surface area contributed by atoms with Crippen molar-refractivity contribution < 1.29 is 13.6 Å². The average Bonchev–Trinajstić information content (AvgIpc) is 2.74. The molecule has 2 N–H and O–H groups in total. The van der Waals surface area contributed by atoms with Crippen LogP contribution in [-0.4, -0.2) is 42.0 Å². The molecule has 0 aliphatic carbocycles. The van der Waals surface area contributed by atoms with Gasteiger partial charge in [-0.1, -0.05) is 6.92 Å². The Hall–Kier alpha value is -0.0700. The van der Waals surface area contributed by atoms with Gasteiger partial charge in [0.15, 0.2) is 0 Å². The third-order valence-electron chi connectivity index (χ3n) is 2.72. The van der Waals surface area contributed by atoms with Crippen LogP contribution in [0.4, 0.5) is 0 Å². The lowest BCUT2D eigenvalue weighted by atomic mass is 10.3. The minimum Gasteiger partial charge on any atom is -0.354 e. The van der Waals surface area contributed by atoms with Crippen LogP contribution in [0.25, 0.3) is 0 Å². The molecule has 1 heterocycles. The summed E-state index contributed by atoms with van der Waals surface area (Å²) in [5, 5.41) is 0. The lowest BCUT2D eigenvalue weighted by Crippen LogP contribution is -2.39. The summed E-state index contributed by atoms with van der Waals surface area (Å²) in [5.74, 6) is 0. The van der Waals surface area contributed by atoms with Gasteiger partial charge in [0.25, 0.3) is 0 Å². The Balaban J connectivity index is 0.00000324. The topological polar surface area (TPSA) is 68.0 Å². The normalized spacial score (nSPS) is 18.8. The third-order valence-corrected chi connectivity index (χ3v) is 4.85. The van der Waals surface area contributed by atoms with Crippen molar-refractivity contribution in [2.24, 2.45) is 5.73 Å². The van der Waals surface area contributed by atoms with Crippen molar-refractivity contribution in [3.8, 4) is 0 Å². The van der Waals surface area contributed by atoms with Crippen LogP contribution in [0.1, 0.15) is 27.2 Å². The van der Waals surface area contributed by atoms with Gasteiger partial charge in [-0.2, -0.15) is 0 Å². The van der Waals surface area contributed by atoms with E-state index in [-0.39, 0.29) is 23.1 Å². The number of halogens is 1. The fourth-order valence-corrected chi connectivity index (χ4v) is 3.88. The molecular formula is C11H25BrN3O3P. The molecular weight excluding hydrogens is 333 g/mol. The second kappa shape index (κ2) is 8.97. The van der Waals surface area contributed by atoms with Gasteiger partial charge in [-0.15, -0.1) is 17.0 Å². The number of nitrogens with two attached hydrogens (primary N) is 1. The van der Waals surface area contributed by atoms with E-state index in [4.69, 9.17) is 14.8 Å². The summed E-state index contributed by atoms with van der Waals surface area (Å²) in [5.41, 5.74) is 5.57. The summed E-state index contributed by atoms with van der Waals surface area (Å²) in [6.07, 6.45) is 4.47. The average molecular weight is 358 g/mol. The van der Waals surface area contributed by atoms with Gasteiger partial charge in [-0.3, -0.25) is 13.7 Å². The SMILES string of the molecule is Br.CCOP(=O)(OCC)N1C=CN(CCN)C1CC. The maximum atomic E-state index is 12.7. The first-order valence-electron chi connectivity index (χ1n) is 6.45. The molecule has 0 saturated carbocycles. The lowest BCUT2D eigenvalue weighted by molar-refractivity contribution is 0.134. The molecule has 1 atom stereocenters. The highest BCUT2D eigenvalue weighted by atomic mass is 79.9. The molecule has 8 heteroatoms. The van der Waals surface area contributed by atoms with Crippen molar-refractivity contribution >= 4 is 24.7 Å². The van der Waals surface area contributed by atoms with E-state index in [0.29, 0.717) is 19.8 Å². The quantitative estimate of drug-likeness (QED) is 0.673. The smallest absolute Gasteiger partial charge is 0.354 e. The van der Waals surface area contributed by atoms with E-state index in [1.54, 1.807) is 10.9 Å². The molecule has 0 saturated heterocycles. The van der Waals surface area contributed by atoms with E-state index < -0.39 is 7.75 Å². The van der Waals surface area contributed by atoms with Gasteiger partial charge in [0.1, 0.15) is 6.17 Å². The van der Waals surface area contributed by atoms with Crippen LogP contribution in [0.3, 0.4) is 0 Å². The molecule has 1 unspecified atom stereocenters. The summed E-state index contributed by atoms with van der Waals surface area (Å²) in [6, 6.07) is 0. The summed E-state index contributed by atoms with van der Waals surface area (Å²) >= 11 is 0. The highest BCUT2D eigenvalue weighted by Crippen LogP contribution is 2.55. The highest BCUT2D eigenvalue weighted by Gasteiger charge is 2.40. The van der Waals surface area contributed by atoms with E-state index in [0.717, 1.165) is 13.0 Å². The number of nitrogens with zero attached hydrogens (tertiary/aromatic N) is 2. The van der Waals surface area contributed by atoms with Crippen molar-refractivity contribution in [1.82, 2.24) is 9.57 Å². The molecule has 0 bridgehead atoms. The zero-order chi connectivity index (χ0) is 13.6. The van der Waals surface area contributed by atoms with Crippen LogP contribution >= 0.6 is 24.7 Å². The minimum absolute atomic E-state index is 0. The Bertz CT molecular complexity index is 320. The predicted molar refractivity (Wildman–Crippen MR) is 82.0 cm³/mol. The van der Waals surface area contributed by atoms with Crippen LogP contribution in [0, 0.1) is 0 Å². The molecule has 1 aliphatic rings. The molecule has 0 radical (unpaired) electrons. The number of hydrogen-bond acceptors (Lipinski definition) is 5. The van der Waals surface area contributed by atoms with Crippen molar-refractivity contribution in [3.63, 3.8) is 0 Å². The lowest BCUT2D eigenvalue weighted by Gasteiger charge is -2.35. The molecule has 0 aromatic carbocycles. The zero-order valence-corrected chi connectivity index (χ0v) is 14.4. The van der Waals surface area contributed by atoms with Crippen LogP contribution < -0.4 is 5.73 Å². The standard InChI is InChI=1S/C11H24N3O3P.BrH/c1-4-11-13(8-7-12)9-10-14(11)18(15,16-5-2)17-6-3;/h9-11H,4-8,12H2,1-3H3;1H. The van der Waals surface area contributed by atoms with Gasteiger partial charge in [0.2, 0.25) is 0 Å². The van der Waals surface area contributed by atoms with E-state index in [1.165, 1.54) is 0 Å². The van der Waals surface area contributed by atoms with Gasteiger partial charge in [0.05, 0.1) is 13.2 Å². The van der Waals surface area contributed by atoms with Gasteiger partial charge >= 0.3 is 7.75 Å². The molecule has 1 aliphatic heterocycles. The maximum absolute atomic E-state index is 12.7. The molecule has 19 heavy (non-hydrogen) atoms. The molecule has 0 spiro atoms. The Labute approximate surface area is 126 Å². The predicted octanol–water partition coefficient (Wildman–Crippen LogP) is 2.53. The van der Waals surface area contributed by atoms with Crippen molar-refractivity contribution in [2.45, 2.75) is 33.4 Å². The van der Waals surface area contributed by atoms with Crippen LogP contribution in [-0.2, 0) is 13.6 Å². The Morgan fingerprint density at radius 3 is 2.21 bits per heavy atom. The fourth-order valence-electron chi connectivity index (χ4n) is 2.04. The van der Waals surface area contributed by atoms with Crippen LogP contribution in [0.5, 0.6) is 0 Å². The third kappa shape index (κ3) is 4.46. The molecule has 0 aromatic rings. The Morgan fingerprint density at radius 2 is 1.79 bits per heavy atom. The number of rotatable bonds is 8. The molecule has 1 rings (SSSR count).